The lowest BCUT2D eigenvalue weighted by Crippen LogP contribution is -2.47. The second-order valence-electron chi connectivity index (χ2n) is 2.91. The predicted molar refractivity (Wildman–Crippen MR) is 51.4 cm³/mol. The largest absolute Gasteiger partial charge is 0.480 e. The first-order valence-corrected chi connectivity index (χ1v) is 4.30. The second-order valence-corrected chi connectivity index (χ2v) is 2.91. The Labute approximate surface area is 84.3 Å². The van der Waals surface area contributed by atoms with Crippen LogP contribution in [0.25, 0.3) is 0 Å². The van der Waals surface area contributed by atoms with Crippen molar-refractivity contribution < 1.29 is 14.6 Å². The highest BCUT2D eigenvalue weighted by Gasteiger charge is 2.24. The van der Waals surface area contributed by atoms with E-state index in [1.165, 1.54) is 0 Å². The van der Waals surface area contributed by atoms with Crippen LogP contribution in [0.4, 0.5) is 0 Å². The smallest absolute Gasteiger partial charge is 0.320 e. The molecule has 1 unspecified atom stereocenters. The quantitative estimate of drug-likeness (QED) is 0.740. The molecule has 1 aliphatic heterocycles. The Morgan fingerprint density at radius 1 is 1.54 bits per heavy atom. The van der Waals surface area contributed by atoms with Crippen LogP contribution >= 0.6 is 12.4 Å². The molecule has 1 heterocycles. The zero-order chi connectivity index (χ0) is 8.97. The highest BCUT2D eigenvalue weighted by atomic mass is 35.5. The van der Waals surface area contributed by atoms with Crippen molar-refractivity contribution in [2.45, 2.75) is 19.4 Å². The van der Waals surface area contributed by atoms with E-state index in [1.807, 2.05) is 11.8 Å². The van der Waals surface area contributed by atoms with E-state index in [0.717, 1.165) is 13.1 Å². The highest BCUT2D eigenvalue weighted by Crippen LogP contribution is 2.07. The van der Waals surface area contributed by atoms with E-state index in [9.17, 15) is 4.79 Å². The van der Waals surface area contributed by atoms with Gasteiger partial charge in [-0.05, 0) is 6.42 Å². The monoisotopic (exact) mass is 209 g/mol. The molecule has 13 heavy (non-hydrogen) atoms. The van der Waals surface area contributed by atoms with E-state index < -0.39 is 5.97 Å². The Hall–Kier alpha value is -0.320. The third kappa shape index (κ3) is 3.50. The summed E-state index contributed by atoms with van der Waals surface area (Å²) in [5.41, 5.74) is 0. The standard InChI is InChI=1S/C8H15NO3.ClH/c1-2-7(8(10)11)9-3-5-12-6-4-9;/h7H,2-6H2,1H3,(H,10,11);1H. The molecule has 0 amide bonds. The molecule has 0 aromatic heterocycles. The van der Waals surface area contributed by atoms with Gasteiger partial charge in [-0.25, -0.2) is 0 Å². The van der Waals surface area contributed by atoms with Crippen molar-refractivity contribution in [3.8, 4) is 0 Å². The number of rotatable bonds is 3. The summed E-state index contributed by atoms with van der Waals surface area (Å²) in [6.45, 7) is 4.69. The van der Waals surface area contributed by atoms with Crippen molar-refractivity contribution in [2.24, 2.45) is 0 Å². The van der Waals surface area contributed by atoms with Gasteiger partial charge in [-0.1, -0.05) is 6.92 Å². The molecule has 4 nitrogen and oxygen atoms in total. The summed E-state index contributed by atoms with van der Waals surface area (Å²) in [6.07, 6.45) is 0.662. The highest BCUT2D eigenvalue weighted by molar-refractivity contribution is 5.85. The molecule has 1 N–H and O–H groups in total. The van der Waals surface area contributed by atoms with Gasteiger partial charge < -0.3 is 9.84 Å². The SMILES string of the molecule is CCC(C(=O)O)N1CCOCC1.Cl. The van der Waals surface area contributed by atoms with Crippen molar-refractivity contribution in [1.82, 2.24) is 4.90 Å². The zero-order valence-corrected chi connectivity index (χ0v) is 8.55. The first-order chi connectivity index (χ1) is 5.75. The molecule has 0 saturated carbocycles. The molecule has 1 saturated heterocycles. The summed E-state index contributed by atoms with van der Waals surface area (Å²) < 4.78 is 5.14. The van der Waals surface area contributed by atoms with Gasteiger partial charge in [0.1, 0.15) is 6.04 Å². The van der Waals surface area contributed by atoms with Gasteiger partial charge in [0.05, 0.1) is 13.2 Å². The Kier molecular flexibility index (Phi) is 6.03. The maximum absolute atomic E-state index is 10.7. The number of carboxylic acids is 1. The Balaban J connectivity index is 0.00000144. The average molecular weight is 210 g/mol. The normalized spacial score (nSPS) is 20.4. The van der Waals surface area contributed by atoms with Crippen LogP contribution in [0.3, 0.4) is 0 Å². The lowest BCUT2D eigenvalue weighted by atomic mass is 10.2. The lowest BCUT2D eigenvalue weighted by molar-refractivity contribution is -0.145. The van der Waals surface area contributed by atoms with Crippen LogP contribution in [-0.2, 0) is 9.53 Å². The maximum atomic E-state index is 10.7. The molecule has 0 aromatic carbocycles. The molecular formula is C8H16ClNO3. The van der Waals surface area contributed by atoms with Crippen LogP contribution in [0, 0.1) is 0 Å². The Morgan fingerprint density at radius 3 is 2.46 bits per heavy atom. The van der Waals surface area contributed by atoms with E-state index in [4.69, 9.17) is 9.84 Å². The molecule has 0 spiro atoms. The van der Waals surface area contributed by atoms with E-state index in [-0.39, 0.29) is 18.4 Å². The first kappa shape index (κ1) is 12.7. The number of morpholine rings is 1. The Morgan fingerprint density at radius 2 is 2.08 bits per heavy atom. The molecular weight excluding hydrogens is 194 g/mol. The number of aliphatic carboxylic acids is 1. The summed E-state index contributed by atoms with van der Waals surface area (Å²) in [7, 11) is 0. The van der Waals surface area contributed by atoms with E-state index in [2.05, 4.69) is 0 Å². The van der Waals surface area contributed by atoms with Crippen molar-refractivity contribution in [2.75, 3.05) is 26.3 Å². The number of nitrogens with zero attached hydrogens (tertiary/aromatic N) is 1. The van der Waals surface area contributed by atoms with Crippen molar-refractivity contribution in [3.63, 3.8) is 0 Å². The third-order valence-corrected chi connectivity index (χ3v) is 2.16. The summed E-state index contributed by atoms with van der Waals surface area (Å²) in [6, 6.07) is -0.325. The van der Waals surface area contributed by atoms with E-state index in [0.29, 0.717) is 19.6 Å². The van der Waals surface area contributed by atoms with E-state index >= 15 is 0 Å². The van der Waals surface area contributed by atoms with Crippen LogP contribution in [0.5, 0.6) is 0 Å². The fourth-order valence-corrected chi connectivity index (χ4v) is 1.48. The van der Waals surface area contributed by atoms with Crippen molar-refractivity contribution in [1.29, 1.82) is 0 Å². The van der Waals surface area contributed by atoms with E-state index in [1.54, 1.807) is 0 Å². The fourth-order valence-electron chi connectivity index (χ4n) is 1.48. The minimum absolute atomic E-state index is 0. The average Bonchev–Trinajstić information content (AvgIpc) is 2.07. The topological polar surface area (TPSA) is 49.8 Å². The van der Waals surface area contributed by atoms with Crippen LogP contribution in [0.1, 0.15) is 13.3 Å². The number of carboxylic acid groups (broad SMARTS) is 1. The van der Waals surface area contributed by atoms with Crippen LogP contribution < -0.4 is 0 Å². The van der Waals surface area contributed by atoms with Gasteiger partial charge in [-0.2, -0.15) is 0 Å². The summed E-state index contributed by atoms with van der Waals surface area (Å²) in [5, 5.41) is 8.84. The third-order valence-electron chi connectivity index (χ3n) is 2.16. The predicted octanol–water partition coefficient (Wildman–Crippen LogP) is 0.604. The molecule has 0 aliphatic carbocycles. The molecule has 1 aliphatic rings. The van der Waals surface area contributed by atoms with Gasteiger partial charge in [-0.15, -0.1) is 12.4 Å². The molecule has 1 rings (SSSR count). The molecule has 0 aromatic rings. The molecule has 78 valence electrons. The Bertz CT molecular complexity index is 159. The lowest BCUT2D eigenvalue weighted by Gasteiger charge is -2.31. The minimum Gasteiger partial charge on any atom is -0.480 e. The van der Waals surface area contributed by atoms with Crippen LogP contribution in [0.2, 0.25) is 0 Å². The molecule has 1 atom stereocenters. The number of halogens is 1. The van der Waals surface area contributed by atoms with Gasteiger partial charge in [0.25, 0.3) is 0 Å². The number of carbonyl (C=O) groups is 1. The molecule has 1 fully saturated rings. The molecule has 0 bridgehead atoms. The van der Waals surface area contributed by atoms with Gasteiger partial charge in [0.2, 0.25) is 0 Å². The second kappa shape index (κ2) is 6.18. The summed E-state index contributed by atoms with van der Waals surface area (Å²) >= 11 is 0. The van der Waals surface area contributed by atoms with Crippen molar-refractivity contribution >= 4 is 18.4 Å². The van der Waals surface area contributed by atoms with Crippen molar-refractivity contribution in [3.05, 3.63) is 0 Å². The number of hydrogen-bond donors (Lipinski definition) is 1. The zero-order valence-electron chi connectivity index (χ0n) is 7.73. The van der Waals surface area contributed by atoms with Gasteiger partial charge in [0, 0.05) is 13.1 Å². The van der Waals surface area contributed by atoms with Gasteiger partial charge in [-0.3, -0.25) is 9.69 Å². The molecule has 5 heteroatoms. The van der Waals surface area contributed by atoms with Gasteiger partial charge >= 0.3 is 5.97 Å². The van der Waals surface area contributed by atoms with Crippen LogP contribution in [-0.4, -0.2) is 48.3 Å². The minimum atomic E-state index is -0.723. The summed E-state index contributed by atoms with van der Waals surface area (Å²) in [5.74, 6) is -0.723. The molecule has 0 radical (unpaired) electrons. The fraction of sp³-hybridized carbons (Fsp3) is 0.875. The first-order valence-electron chi connectivity index (χ1n) is 4.30. The maximum Gasteiger partial charge on any atom is 0.320 e. The van der Waals surface area contributed by atoms with Gasteiger partial charge in [0.15, 0.2) is 0 Å². The number of hydrogen-bond acceptors (Lipinski definition) is 3. The number of ether oxygens (including phenoxy) is 1. The van der Waals surface area contributed by atoms with Crippen LogP contribution in [0.15, 0.2) is 0 Å². The summed E-state index contributed by atoms with van der Waals surface area (Å²) in [4.78, 5) is 12.7.